The number of nitrogens with one attached hydrogen (secondary N) is 2. The fraction of sp³-hybridized carbons (Fsp3) is 0.368. The van der Waals surface area contributed by atoms with Gasteiger partial charge in [0.1, 0.15) is 11.4 Å². The molecular formula is C19H18F6N8. The summed E-state index contributed by atoms with van der Waals surface area (Å²) in [5, 5.41) is 5.52. The Kier molecular flexibility index (Phi) is 6.38. The fourth-order valence-corrected chi connectivity index (χ4v) is 2.37. The van der Waals surface area contributed by atoms with Gasteiger partial charge in [0.05, 0.1) is 0 Å². The molecule has 0 aliphatic heterocycles. The van der Waals surface area contributed by atoms with E-state index >= 15 is 0 Å². The van der Waals surface area contributed by atoms with E-state index in [2.05, 4.69) is 40.5 Å². The van der Waals surface area contributed by atoms with E-state index in [1.54, 1.807) is 0 Å². The average molecular weight is 472 g/mol. The van der Waals surface area contributed by atoms with Gasteiger partial charge in [0, 0.05) is 24.6 Å². The molecular weight excluding hydrogens is 454 g/mol. The summed E-state index contributed by atoms with van der Waals surface area (Å²) in [6, 6.07) is 2.69. The predicted molar refractivity (Wildman–Crippen MR) is 106 cm³/mol. The molecule has 0 fully saturated rings. The van der Waals surface area contributed by atoms with Crippen molar-refractivity contribution < 1.29 is 26.3 Å². The largest absolute Gasteiger partial charge is 0.433 e. The van der Waals surface area contributed by atoms with Crippen LogP contribution in [0.25, 0.3) is 11.6 Å². The fourth-order valence-electron chi connectivity index (χ4n) is 2.37. The number of aromatic nitrogens is 6. The molecule has 0 spiro atoms. The van der Waals surface area contributed by atoms with E-state index in [1.807, 2.05) is 20.8 Å². The molecule has 3 heterocycles. The van der Waals surface area contributed by atoms with Crippen molar-refractivity contribution in [1.82, 2.24) is 29.9 Å². The van der Waals surface area contributed by atoms with Gasteiger partial charge in [-0.15, -0.1) is 0 Å². The standard InChI is InChI=1S/C19H18F6N8/c1-17(2,3)9-28-15-31-14(13-27-7-5-11(30-13)18(20,21)22)32-16(33-15)29-10-4-6-26-12(8-10)19(23,24)25/h4-8H,9H2,1-3H3,(H2,26,28,29,31,32,33). The number of alkyl halides is 6. The van der Waals surface area contributed by atoms with E-state index in [0.29, 0.717) is 12.6 Å². The van der Waals surface area contributed by atoms with Crippen LogP contribution in [0.2, 0.25) is 0 Å². The van der Waals surface area contributed by atoms with Crippen molar-refractivity contribution in [3.05, 3.63) is 42.0 Å². The van der Waals surface area contributed by atoms with Gasteiger partial charge >= 0.3 is 12.4 Å². The van der Waals surface area contributed by atoms with Crippen LogP contribution in [0.5, 0.6) is 0 Å². The molecule has 176 valence electrons. The minimum atomic E-state index is -4.72. The molecule has 0 saturated carbocycles. The molecule has 2 N–H and O–H groups in total. The van der Waals surface area contributed by atoms with Crippen molar-refractivity contribution in [2.45, 2.75) is 33.1 Å². The van der Waals surface area contributed by atoms with Crippen LogP contribution in [0.4, 0.5) is 43.9 Å². The summed E-state index contributed by atoms with van der Waals surface area (Å²) in [6.07, 6.45) is -7.54. The summed E-state index contributed by atoms with van der Waals surface area (Å²) >= 11 is 0. The monoisotopic (exact) mass is 472 g/mol. The van der Waals surface area contributed by atoms with Crippen molar-refractivity contribution in [3.63, 3.8) is 0 Å². The summed E-state index contributed by atoms with van der Waals surface area (Å²) in [4.78, 5) is 22.7. The lowest BCUT2D eigenvalue weighted by molar-refractivity contribution is -0.141. The number of rotatable bonds is 5. The smallest absolute Gasteiger partial charge is 0.354 e. The Hall–Kier alpha value is -3.58. The lowest BCUT2D eigenvalue weighted by atomic mass is 9.97. The van der Waals surface area contributed by atoms with E-state index in [-0.39, 0.29) is 28.8 Å². The van der Waals surface area contributed by atoms with Crippen LogP contribution >= 0.6 is 0 Å². The van der Waals surface area contributed by atoms with Crippen LogP contribution < -0.4 is 10.6 Å². The lowest BCUT2D eigenvalue weighted by Gasteiger charge is -2.19. The van der Waals surface area contributed by atoms with Crippen LogP contribution in [0.3, 0.4) is 0 Å². The number of nitrogens with zero attached hydrogens (tertiary/aromatic N) is 6. The molecule has 14 heteroatoms. The highest BCUT2D eigenvalue weighted by atomic mass is 19.4. The normalized spacial score (nSPS) is 12.5. The molecule has 3 aromatic heterocycles. The Labute approximate surface area is 184 Å². The second-order valence-corrected chi connectivity index (χ2v) is 8.04. The third kappa shape index (κ3) is 6.70. The third-order valence-electron chi connectivity index (χ3n) is 3.86. The van der Waals surface area contributed by atoms with Crippen LogP contribution in [-0.4, -0.2) is 36.4 Å². The van der Waals surface area contributed by atoms with E-state index in [9.17, 15) is 26.3 Å². The molecule has 0 amide bonds. The number of hydrogen-bond donors (Lipinski definition) is 2. The molecule has 0 aliphatic rings. The van der Waals surface area contributed by atoms with E-state index < -0.39 is 29.6 Å². The molecule has 3 rings (SSSR count). The first-order chi connectivity index (χ1) is 15.2. The Bertz CT molecular complexity index is 1120. The molecule has 0 aliphatic carbocycles. The summed E-state index contributed by atoms with van der Waals surface area (Å²) in [7, 11) is 0. The van der Waals surface area contributed by atoms with E-state index in [1.165, 1.54) is 6.07 Å². The van der Waals surface area contributed by atoms with Gasteiger partial charge in [0.15, 0.2) is 5.82 Å². The maximum absolute atomic E-state index is 13.0. The highest BCUT2D eigenvalue weighted by Gasteiger charge is 2.34. The zero-order chi connectivity index (χ0) is 24.4. The second-order valence-electron chi connectivity index (χ2n) is 8.04. The molecule has 0 aromatic carbocycles. The second kappa shape index (κ2) is 8.75. The van der Waals surface area contributed by atoms with Crippen molar-refractivity contribution in [2.75, 3.05) is 17.2 Å². The number of hydrogen-bond acceptors (Lipinski definition) is 8. The number of halogens is 6. The first-order valence-corrected chi connectivity index (χ1v) is 9.41. The van der Waals surface area contributed by atoms with Crippen molar-refractivity contribution >= 4 is 17.6 Å². The quantitative estimate of drug-likeness (QED) is 0.503. The average Bonchev–Trinajstić information content (AvgIpc) is 2.71. The van der Waals surface area contributed by atoms with Gasteiger partial charge in [-0.05, 0) is 23.6 Å². The molecule has 8 nitrogen and oxygen atoms in total. The van der Waals surface area contributed by atoms with Gasteiger partial charge in [-0.2, -0.15) is 41.3 Å². The van der Waals surface area contributed by atoms with Gasteiger partial charge in [0.2, 0.25) is 17.7 Å². The van der Waals surface area contributed by atoms with Gasteiger partial charge in [-0.1, -0.05) is 20.8 Å². The van der Waals surface area contributed by atoms with Crippen LogP contribution in [0.15, 0.2) is 30.6 Å². The molecule has 0 bridgehead atoms. The SMILES string of the molecule is CC(C)(C)CNc1nc(Nc2ccnc(C(F)(F)F)c2)nc(-c2nccc(C(F)(F)F)n2)n1. The summed E-state index contributed by atoms with van der Waals surface area (Å²) < 4.78 is 78.0. The third-order valence-corrected chi connectivity index (χ3v) is 3.86. The number of anilines is 3. The number of pyridine rings is 1. The Morgan fingerprint density at radius 2 is 1.36 bits per heavy atom. The topological polar surface area (TPSA) is 101 Å². The Morgan fingerprint density at radius 1 is 0.727 bits per heavy atom. The Balaban J connectivity index is 2.02. The lowest BCUT2D eigenvalue weighted by Crippen LogP contribution is -2.21. The van der Waals surface area contributed by atoms with Crippen molar-refractivity contribution in [1.29, 1.82) is 0 Å². The van der Waals surface area contributed by atoms with Crippen LogP contribution in [0.1, 0.15) is 32.2 Å². The highest BCUT2D eigenvalue weighted by molar-refractivity contribution is 5.57. The molecule has 0 atom stereocenters. The van der Waals surface area contributed by atoms with Gasteiger partial charge < -0.3 is 10.6 Å². The maximum atomic E-state index is 13.0. The maximum Gasteiger partial charge on any atom is 0.433 e. The molecule has 3 aromatic rings. The van der Waals surface area contributed by atoms with Crippen molar-refractivity contribution in [2.24, 2.45) is 5.41 Å². The summed E-state index contributed by atoms with van der Waals surface area (Å²) in [5.74, 6) is -0.986. The Morgan fingerprint density at radius 3 is 2.00 bits per heavy atom. The summed E-state index contributed by atoms with van der Waals surface area (Å²) in [6.45, 7) is 6.15. The zero-order valence-corrected chi connectivity index (χ0v) is 17.5. The first kappa shape index (κ1) is 24.1. The van der Waals surface area contributed by atoms with Gasteiger partial charge in [-0.25, -0.2) is 9.97 Å². The van der Waals surface area contributed by atoms with Gasteiger partial charge in [-0.3, -0.25) is 4.98 Å². The van der Waals surface area contributed by atoms with Gasteiger partial charge in [0.25, 0.3) is 0 Å². The van der Waals surface area contributed by atoms with Crippen molar-refractivity contribution in [3.8, 4) is 11.6 Å². The molecule has 0 saturated heterocycles. The highest BCUT2D eigenvalue weighted by Crippen LogP contribution is 2.30. The molecule has 0 radical (unpaired) electrons. The minimum absolute atomic E-state index is 0.0245. The minimum Gasteiger partial charge on any atom is -0.354 e. The van der Waals surface area contributed by atoms with Crippen LogP contribution in [-0.2, 0) is 12.4 Å². The predicted octanol–water partition coefficient (Wildman–Crippen LogP) is 4.96. The zero-order valence-electron chi connectivity index (χ0n) is 17.5. The summed E-state index contributed by atoms with van der Waals surface area (Å²) in [5.41, 5.74) is -2.59. The first-order valence-electron chi connectivity index (χ1n) is 9.41. The molecule has 0 unspecified atom stereocenters. The molecule has 33 heavy (non-hydrogen) atoms. The van der Waals surface area contributed by atoms with E-state index in [4.69, 9.17) is 0 Å². The van der Waals surface area contributed by atoms with E-state index in [0.717, 1.165) is 18.5 Å². The van der Waals surface area contributed by atoms with Crippen LogP contribution in [0, 0.1) is 5.41 Å².